The summed E-state index contributed by atoms with van der Waals surface area (Å²) in [6, 6.07) is 0. The number of nitrogens with zero attached hydrogens (tertiary/aromatic N) is 3. The number of hydrogen-bond donors (Lipinski definition) is 1. The Kier molecular flexibility index (Phi) is 5.24. The van der Waals surface area contributed by atoms with Crippen molar-refractivity contribution in [2.24, 2.45) is 11.7 Å². The minimum atomic E-state index is -0.308. The van der Waals surface area contributed by atoms with E-state index in [0.29, 0.717) is 32.8 Å². The Hall–Kier alpha value is -1.51. The molecule has 3 heterocycles. The highest BCUT2D eigenvalue weighted by atomic mass is 32.1. The largest absolute Gasteiger partial charge is 0.369 e. The molecule has 2 atom stereocenters. The number of hydrogen-bond acceptors (Lipinski definition) is 6. The molecule has 0 bridgehead atoms. The van der Waals surface area contributed by atoms with Crippen molar-refractivity contribution in [3.05, 3.63) is 16.6 Å². The summed E-state index contributed by atoms with van der Waals surface area (Å²) >= 11 is 1.57. The van der Waals surface area contributed by atoms with Gasteiger partial charge in [0.25, 0.3) is 0 Å². The SMILES string of the molecule is NC(=O)[C@H]1CCCN(C(=O)CN2CCO[C@@H](c3nccs3)C2)C1. The van der Waals surface area contributed by atoms with Crippen molar-refractivity contribution in [3.63, 3.8) is 0 Å². The van der Waals surface area contributed by atoms with E-state index < -0.39 is 0 Å². The van der Waals surface area contributed by atoms with E-state index in [1.165, 1.54) is 0 Å². The van der Waals surface area contributed by atoms with Crippen molar-refractivity contribution in [3.8, 4) is 0 Å². The number of amides is 2. The van der Waals surface area contributed by atoms with Crippen LogP contribution >= 0.6 is 11.3 Å². The third-order valence-electron chi connectivity index (χ3n) is 4.41. The van der Waals surface area contributed by atoms with E-state index in [1.54, 1.807) is 22.4 Å². The zero-order valence-electron chi connectivity index (χ0n) is 13.0. The summed E-state index contributed by atoms with van der Waals surface area (Å²) in [4.78, 5) is 32.0. The van der Waals surface area contributed by atoms with Crippen molar-refractivity contribution in [2.45, 2.75) is 18.9 Å². The lowest BCUT2D eigenvalue weighted by Gasteiger charge is -2.35. The Morgan fingerprint density at radius 2 is 2.26 bits per heavy atom. The molecule has 2 saturated heterocycles. The lowest BCUT2D eigenvalue weighted by atomic mass is 9.97. The predicted octanol–water partition coefficient (Wildman–Crippen LogP) is 0.240. The van der Waals surface area contributed by atoms with Crippen LogP contribution in [0.3, 0.4) is 0 Å². The fraction of sp³-hybridized carbons (Fsp3) is 0.667. The Bertz CT molecular complexity index is 551. The van der Waals surface area contributed by atoms with Crippen LogP contribution in [0.2, 0.25) is 0 Å². The summed E-state index contributed by atoms with van der Waals surface area (Å²) in [7, 11) is 0. The molecule has 2 N–H and O–H groups in total. The molecule has 0 aromatic carbocycles. The van der Waals surface area contributed by atoms with Gasteiger partial charge in [0.1, 0.15) is 11.1 Å². The number of primary amides is 1. The topological polar surface area (TPSA) is 88.8 Å². The van der Waals surface area contributed by atoms with E-state index in [1.807, 2.05) is 5.38 Å². The molecule has 2 fully saturated rings. The first kappa shape index (κ1) is 16.4. The average Bonchev–Trinajstić information content (AvgIpc) is 3.10. The fourth-order valence-corrected chi connectivity index (χ4v) is 3.79. The van der Waals surface area contributed by atoms with E-state index in [-0.39, 0.29) is 23.8 Å². The van der Waals surface area contributed by atoms with Gasteiger partial charge in [0.15, 0.2) is 0 Å². The second kappa shape index (κ2) is 7.37. The second-order valence-corrected chi connectivity index (χ2v) is 6.97. The maximum Gasteiger partial charge on any atom is 0.236 e. The Morgan fingerprint density at radius 3 is 3.00 bits per heavy atom. The van der Waals surface area contributed by atoms with Gasteiger partial charge in [-0.15, -0.1) is 11.3 Å². The van der Waals surface area contributed by atoms with Gasteiger partial charge < -0.3 is 15.4 Å². The van der Waals surface area contributed by atoms with Crippen molar-refractivity contribution in [2.75, 3.05) is 39.3 Å². The van der Waals surface area contributed by atoms with Crippen LogP contribution in [0.4, 0.5) is 0 Å². The van der Waals surface area contributed by atoms with E-state index in [9.17, 15) is 9.59 Å². The maximum absolute atomic E-state index is 12.5. The molecule has 2 amide bonds. The summed E-state index contributed by atoms with van der Waals surface area (Å²) in [5, 5.41) is 2.88. The lowest BCUT2D eigenvalue weighted by Crippen LogP contribution is -2.49. The van der Waals surface area contributed by atoms with Gasteiger partial charge in [-0.1, -0.05) is 0 Å². The van der Waals surface area contributed by atoms with Crippen LogP contribution in [0.25, 0.3) is 0 Å². The van der Waals surface area contributed by atoms with Crippen molar-refractivity contribution >= 4 is 23.2 Å². The van der Waals surface area contributed by atoms with E-state index in [2.05, 4.69) is 9.88 Å². The zero-order valence-corrected chi connectivity index (χ0v) is 13.8. The number of piperidine rings is 1. The summed E-state index contributed by atoms with van der Waals surface area (Å²) in [5.74, 6) is -0.450. The smallest absolute Gasteiger partial charge is 0.236 e. The van der Waals surface area contributed by atoms with E-state index in [0.717, 1.165) is 24.4 Å². The highest BCUT2D eigenvalue weighted by Gasteiger charge is 2.30. The number of morpholine rings is 1. The molecule has 0 aliphatic carbocycles. The van der Waals surface area contributed by atoms with Gasteiger partial charge >= 0.3 is 0 Å². The van der Waals surface area contributed by atoms with Crippen LogP contribution in [0.1, 0.15) is 24.0 Å². The fourth-order valence-electron chi connectivity index (χ4n) is 3.12. The van der Waals surface area contributed by atoms with Crippen LogP contribution in [-0.2, 0) is 14.3 Å². The van der Waals surface area contributed by atoms with E-state index >= 15 is 0 Å². The number of likely N-dealkylation sites (tertiary alicyclic amines) is 1. The quantitative estimate of drug-likeness (QED) is 0.849. The van der Waals surface area contributed by atoms with Crippen molar-refractivity contribution in [1.29, 1.82) is 0 Å². The molecule has 0 unspecified atom stereocenters. The molecule has 0 radical (unpaired) electrons. The normalized spacial score (nSPS) is 26.2. The first-order valence-electron chi connectivity index (χ1n) is 7.94. The minimum Gasteiger partial charge on any atom is -0.369 e. The number of carbonyl (C=O) groups excluding carboxylic acids is 2. The summed E-state index contributed by atoms with van der Waals surface area (Å²) < 4.78 is 5.75. The van der Waals surface area contributed by atoms with E-state index in [4.69, 9.17) is 10.5 Å². The maximum atomic E-state index is 12.5. The molecular formula is C15H22N4O3S. The Labute approximate surface area is 139 Å². The van der Waals surface area contributed by atoms with Crippen molar-refractivity contribution in [1.82, 2.24) is 14.8 Å². The van der Waals surface area contributed by atoms with Crippen LogP contribution in [0.15, 0.2) is 11.6 Å². The van der Waals surface area contributed by atoms with Crippen LogP contribution in [-0.4, -0.2) is 65.9 Å². The van der Waals surface area contributed by atoms with Crippen molar-refractivity contribution < 1.29 is 14.3 Å². The number of carbonyl (C=O) groups is 2. The number of nitrogens with two attached hydrogens (primary N) is 1. The first-order chi connectivity index (χ1) is 11.1. The molecule has 126 valence electrons. The number of ether oxygens (including phenoxy) is 1. The second-order valence-electron chi connectivity index (χ2n) is 6.05. The van der Waals surface area contributed by atoms with Gasteiger partial charge in [-0.3, -0.25) is 14.5 Å². The minimum absolute atomic E-state index is 0.0590. The molecule has 2 aliphatic rings. The van der Waals surface area contributed by atoms with Gasteiger partial charge in [0.2, 0.25) is 11.8 Å². The van der Waals surface area contributed by atoms with Crippen LogP contribution in [0, 0.1) is 5.92 Å². The Balaban J connectivity index is 1.54. The molecule has 7 nitrogen and oxygen atoms in total. The standard InChI is InChI=1S/C15H22N4O3S/c16-14(21)11-2-1-4-19(8-11)13(20)10-18-5-6-22-12(9-18)15-17-3-7-23-15/h3,7,11-12H,1-2,4-6,8-10H2,(H2,16,21)/t11-,12+/m0/s1. The average molecular weight is 338 g/mol. The third-order valence-corrected chi connectivity index (χ3v) is 5.28. The van der Waals surface area contributed by atoms with Gasteiger partial charge in [-0.05, 0) is 12.8 Å². The number of rotatable bonds is 4. The molecule has 0 spiro atoms. The summed E-state index contributed by atoms with van der Waals surface area (Å²) in [6.07, 6.45) is 3.33. The van der Waals surface area contributed by atoms with Gasteiger partial charge in [0, 0.05) is 37.8 Å². The monoisotopic (exact) mass is 338 g/mol. The lowest BCUT2D eigenvalue weighted by molar-refractivity contribution is -0.137. The highest BCUT2D eigenvalue weighted by molar-refractivity contribution is 7.09. The molecule has 3 rings (SSSR count). The number of thiazole rings is 1. The zero-order chi connectivity index (χ0) is 16.2. The first-order valence-corrected chi connectivity index (χ1v) is 8.82. The molecule has 1 aromatic heterocycles. The highest BCUT2D eigenvalue weighted by Crippen LogP contribution is 2.24. The van der Waals surface area contributed by atoms with Crippen LogP contribution in [0.5, 0.6) is 0 Å². The number of aromatic nitrogens is 1. The van der Waals surface area contributed by atoms with Crippen LogP contribution < -0.4 is 5.73 Å². The molecule has 23 heavy (non-hydrogen) atoms. The predicted molar refractivity (Wildman–Crippen MR) is 85.7 cm³/mol. The summed E-state index contributed by atoms with van der Waals surface area (Å²) in [5.41, 5.74) is 5.38. The Morgan fingerprint density at radius 1 is 1.39 bits per heavy atom. The molecule has 8 heteroatoms. The van der Waals surface area contributed by atoms with Gasteiger partial charge in [0.05, 0.1) is 19.1 Å². The third kappa shape index (κ3) is 4.07. The molecule has 0 saturated carbocycles. The summed E-state index contributed by atoms with van der Waals surface area (Å²) in [6.45, 7) is 3.53. The van der Waals surface area contributed by atoms with Gasteiger partial charge in [-0.2, -0.15) is 0 Å². The molecule has 2 aliphatic heterocycles. The van der Waals surface area contributed by atoms with Gasteiger partial charge in [-0.25, -0.2) is 4.98 Å². The molecular weight excluding hydrogens is 316 g/mol. The molecule has 1 aromatic rings.